The summed E-state index contributed by atoms with van der Waals surface area (Å²) in [6.07, 6.45) is 3.74. The van der Waals surface area contributed by atoms with E-state index in [1.54, 1.807) is 24.4 Å². The average Bonchev–Trinajstić information content (AvgIpc) is 2.95. The molecule has 0 bridgehead atoms. The Bertz CT molecular complexity index is 1290. The fourth-order valence-electron chi connectivity index (χ4n) is 5.30. The van der Waals surface area contributed by atoms with E-state index >= 15 is 0 Å². The van der Waals surface area contributed by atoms with Crippen molar-refractivity contribution < 1.29 is 4.79 Å². The first kappa shape index (κ1) is 28.5. The van der Waals surface area contributed by atoms with E-state index in [9.17, 15) is 4.79 Å². The van der Waals surface area contributed by atoms with Crippen molar-refractivity contribution >= 4 is 58.1 Å². The minimum atomic E-state index is -0.240. The van der Waals surface area contributed by atoms with Crippen molar-refractivity contribution in [2.24, 2.45) is 0 Å². The fraction of sp³-hybridized carbons (Fsp3) is 0.379. The number of piperazine rings is 1. The van der Waals surface area contributed by atoms with Gasteiger partial charge in [0.1, 0.15) is 5.82 Å². The van der Waals surface area contributed by atoms with Gasteiger partial charge in [-0.05, 0) is 54.3 Å². The highest BCUT2D eigenvalue weighted by molar-refractivity contribution is 6.42. The molecule has 2 aromatic carbocycles. The summed E-state index contributed by atoms with van der Waals surface area (Å²) in [5, 5.41) is 5.09. The number of aromatic nitrogens is 1. The summed E-state index contributed by atoms with van der Waals surface area (Å²) in [6, 6.07) is 15.7. The van der Waals surface area contributed by atoms with Crippen molar-refractivity contribution in [1.29, 1.82) is 0 Å². The Kier molecular flexibility index (Phi) is 9.54. The molecule has 10 heteroatoms. The first-order valence-electron chi connectivity index (χ1n) is 13.2. The van der Waals surface area contributed by atoms with Crippen LogP contribution in [0.1, 0.15) is 34.3 Å². The lowest BCUT2D eigenvalue weighted by molar-refractivity contribution is 0.0811. The largest absolute Gasteiger partial charge is 0.355 e. The SMILES string of the molecule is O=C(NCc1ccc(Cl)c(Cl)c1)c1cnc(N2CCC(N3CCN(Cc4ccc(Cl)cc4)CC3)CC2)c(Cl)c1. The number of carbonyl (C=O) groups excluding carboxylic acids is 1. The van der Waals surface area contributed by atoms with Gasteiger partial charge in [-0.15, -0.1) is 0 Å². The Morgan fingerprint density at radius 2 is 1.51 bits per heavy atom. The molecule has 5 rings (SSSR count). The maximum absolute atomic E-state index is 12.7. The molecular weight excluding hydrogens is 576 g/mol. The highest BCUT2D eigenvalue weighted by Gasteiger charge is 2.28. The number of carbonyl (C=O) groups is 1. The summed E-state index contributed by atoms with van der Waals surface area (Å²) in [5.41, 5.74) is 2.59. The summed E-state index contributed by atoms with van der Waals surface area (Å²) in [4.78, 5) is 24.6. The van der Waals surface area contributed by atoms with Gasteiger partial charge in [0.2, 0.25) is 0 Å². The summed E-state index contributed by atoms with van der Waals surface area (Å²) in [6.45, 7) is 7.41. The monoisotopic (exact) mass is 605 g/mol. The van der Waals surface area contributed by atoms with Gasteiger partial charge in [-0.2, -0.15) is 0 Å². The third-order valence-electron chi connectivity index (χ3n) is 7.53. The zero-order valence-electron chi connectivity index (χ0n) is 21.6. The quantitative estimate of drug-likeness (QED) is 0.337. The molecule has 0 spiro atoms. The molecule has 0 unspecified atom stereocenters. The summed E-state index contributed by atoms with van der Waals surface area (Å²) in [5.74, 6) is 0.500. The van der Waals surface area contributed by atoms with Crippen molar-refractivity contribution in [2.75, 3.05) is 44.2 Å². The van der Waals surface area contributed by atoms with Gasteiger partial charge in [0.25, 0.3) is 5.91 Å². The van der Waals surface area contributed by atoms with E-state index in [1.807, 2.05) is 18.2 Å². The molecule has 0 aliphatic carbocycles. The second-order valence-electron chi connectivity index (χ2n) is 10.1. The molecular formula is C29H31Cl4N5O. The van der Waals surface area contributed by atoms with Gasteiger partial charge < -0.3 is 10.2 Å². The number of pyridine rings is 1. The van der Waals surface area contributed by atoms with Gasteiger partial charge in [-0.25, -0.2) is 4.98 Å². The zero-order valence-corrected chi connectivity index (χ0v) is 24.6. The Morgan fingerprint density at radius 1 is 0.821 bits per heavy atom. The van der Waals surface area contributed by atoms with Crippen LogP contribution in [0.15, 0.2) is 54.7 Å². The van der Waals surface area contributed by atoms with E-state index in [4.69, 9.17) is 46.4 Å². The first-order valence-corrected chi connectivity index (χ1v) is 14.7. The average molecular weight is 607 g/mol. The molecule has 39 heavy (non-hydrogen) atoms. The van der Waals surface area contributed by atoms with E-state index in [1.165, 1.54) is 5.56 Å². The minimum absolute atomic E-state index is 0.240. The van der Waals surface area contributed by atoms with Crippen molar-refractivity contribution in [2.45, 2.75) is 32.0 Å². The molecule has 0 saturated carbocycles. The number of nitrogens with zero attached hydrogens (tertiary/aromatic N) is 4. The fourth-order valence-corrected chi connectivity index (χ4v) is 6.03. The smallest absolute Gasteiger partial charge is 0.253 e. The molecule has 206 valence electrons. The predicted molar refractivity (Wildman–Crippen MR) is 160 cm³/mol. The molecule has 1 aromatic heterocycles. The van der Waals surface area contributed by atoms with Crippen molar-refractivity contribution in [3.05, 3.63) is 91.5 Å². The van der Waals surface area contributed by atoms with Gasteiger partial charge >= 0.3 is 0 Å². The van der Waals surface area contributed by atoms with Crippen LogP contribution < -0.4 is 10.2 Å². The van der Waals surface area contributed by atoms with Crippen LogP contribution in [0, 0.1) is 0 Å². The topological polar surface area (TPSA) is 51.7 Å². The molecule has 3 heterocycles. The molecule has 2 aliphatic heterocycles. The van der Waals surface area contributed by atoms with Gasteiger partial charge in [-0.3, -0.25) is 14.6 Å². The van der Waals surface area contributed by atoms with Crippen LogP contribution in [0.25, 0.3) is 0 Å². The number of piperidine rings is 1. The van der Waals surface area contributed by atoms with Crippen LogP contribution in [0.4, 0.5) is 5.82 Å². The molecule has 2 fully saturated rings. The lowest BCUT2D eigenvalue weighted by Gasteiger charge is -2.43. The Balaban J connectivity index is 1.08. The minimum Gasteiger partial charge on any atom is -0.355 e. The number of hydrogen-bond acceptors (Lipinski definition) is 5. The second kappa shape index (κ2) is 13.1. The van der Waals surface area contributed by atoms with Crippen LogP contribution in [0.2, 0.25) is 20.1 Å². The normalized spacial score (nSPS) is 17.4. The highest BCUT2D eigenvalue weighted by atomic mass is 35.5. The van der Waals surface area contributed by atoms with Crippen LogP contribution in [0.3, 0.4) is 0 Å². The van der Waals surface area contributed by atoms with Gasteiger partial charge in [0.05, 0.1) is 20.6 Å². The maximum atomic E-state index is 12.7. The molecule has 0 atom stereocenters. The number of benzene rings is 2. The van der Waals surface area contributed by atoms with E-state index < -0.39 is 0 Å². The number of rotatable bonds is 7. The standard InChI is InChI=1S/C29H31Cl4N5O/c30-23-4-1-20(2-5-23)19-36-11-13-37(14-12-36)24-7-9-38(10-8-24)28-27(33)16-22(18-34-28)29(39)35-17-21-3-6-25(31)26(32)15-21/h1-6,15-16,18,24H,7-14,17,19H2,(H,35,39). The predicted octanol–water partition coefficient (Wildman–Crippen LogP) is 6.41. The maximum Gasteiger partial charge on any atom is 0.253 e. The van der Waals surface area contributed by atoms with Gasteiger partial charge in [0, 0.05) is 69.6 Å². The summed E-state index contributed by atoms with van der Waals surface area (Å²) >= 11 is 24.6. The molecule has 1 amide bonds. The molecule has 6 nitrogen and oxygen atoms in total. The number of amides is 1. The number of nitrogens with one attached hydrogen (secondary N) is 1. The van der Waals surface area contributed by atoms with Gasteiger partial charge in [0.15, 0.2) is 0 Å². The first-order chi connectivity index (χ1) is 18.9. The molecule has 3 aromatic rings. The molecule has 2 saturated heterocycles. The van der Waals surface area contributed by atoms with Crippen LogP contribution in [-0.4, -0.2) is 66.0 Å². The van der Waals surface area contributed by atoms with Gasteiger partial charge in [-0.1, -0.05) is 64.6 Å². The zero-order chi connectivity index (χ0) is 27.4. The molecule has 1 N–H and O–H groups in total. The molecule has 0 radical (unpaired) electrons. The Hall–Kier alpha value is -2.06. The van der Waals surface area contributed by atoms with E-state index in [-0.39, 0.29) is 5.91 Å². The van der Waals surface area contributed by atoms with Crippen molar-refractivity contribution in [3.8, 4) is 0 Å². The number of hydrogen-bond donors (Lipinski definition) is 1. The summed E-state index contributed by atoms with van der Waals surface area (Å²) < 4.78 is 0. The lowest BCUT2D eigenvalue weighted by Crippen LogP contribution is -2.53. The van der Waals surface area contributed by atoms with Crippen LogP contribution >= 0.6 is 46.4 Å². The summed E-state index contributed by atoms with van der Waals surface area (Å²) in [7, 11) is 0. The Labute approximate surface area is 249 Å². The van der Waals surface area contributed by atoms with Crippen molar-refractivity contribution in [3.63, 3.8) is 0 Å². The third kappa shape index (κ3) is 7.37. The Morgan fingerprint density at radius 3 is 2.18 bits per heavy atom. The second-order valence-corrected chi connectivity index (χ2v) is 11.8. The lowest BCUT2D eigenvalue weighted by atomic mass is 10.0. The third-order valence-corrected chi connectivity index (χ3v) is 8.80. The van der Waals surface area contributed by atoms with Crippen molar-refractivity contribution in [1.82, 2.24) is 20.1 Å². The van der Waals surface area contributed by atoms with Crippen LogP contribution in [0.5, 0.6) is 0 Å². The number of anilines is 1. The van der Waals surface area contributed by atoms with E-state index in [0.717, 1.165) is 75.1 Å². The number of halogens is 4. The van der Waals surface area contributed by atoms with Crippen LogP contribution in [-0.2, 0) is 13.1 Å². The highest BCUT2D eigenvalue weighted by Crippen LogP contribution is 2.29. The van der Waals surface area contributed by atoms with E-state index in [2.05, 4.69) is 37.1 Å². The molecule has 2 aliphatic rings. The van der Waals surface area contributed by atoms with E-state index in [0.29, 0.717) is 33.2 Å².